The number of piperidine rings is 1. The van der Waals surface area contributed by atoms with Crippen LogP contribution in [0.4, 0.5) is 0 Å². The molecule has 1 saturated carbocycles. The van der Waals surface area contributed by atoms with E-state index in [-0.39, 0.29) is 11.7 Å². The summed E-state index contributed by atoms with van der Waals surface area (Å²) in [5.41, 5.74) is 5.12. The normalized spacial score (nSPS) is 25.8. The van der Waals surface area contributed by atoms with Gasteiger partial charge in [0.25, 0.3) is 5.91 Å². The monoisotopic (exact) mass is 433 g/mol. The Bertz CT molecular complexity index is 1150. The Balaban J connectivity index is 1.22. The van der Waals surface area contributed by atoms with Crippen LogP contribution in [0, 0.1) is 19.8 Å². The summed E-state index contributed by atoms with van der Waals surface area (Å²) >= 11 is 0. The van der Waals surface area contributed by atoms with Gasteiger partial charge >= 0.3 is 0 Å². The molecule has 0 spiro atoms. The van der Waals surface area contributed by atoms with Gasteiger partial charge in [-0.1, -0.05) is 20.7 Å². The summed E-state index contributed by atoms with van der Waals surface area (Å²) in [6.45, 7) is 6.38. The van der Waals surface area contributed by atoms with E-state index in [0.29, 0.717) is 14.5 Å². The van der Waals surface area contributed by atoms with Gasteiger partial charge in [0.1, 0.15) is 0 Å². The summed E-state index contributed by atoms with van der Waals surface area (Å²) in [6.07, 6.45) is 15.6. The molecule has 2 aromatic rings. The number of aryl methyl sites for hydroxylation is 2. The third kappa shape index (κ3) is 3.56. The third-order valence-corrected chi connectivity index (χ3v) is 8.46. The Morgan fingerprint density at radius 1 is 1.13 bits per heavy atom. The summed E-state index contributed by atoms with van der Waals surface area (Å²) in [4.78, 5) is 22.2. The van der Waals surface area contributed by atoms with E-state index in [9.17, 15) is 4.79 Å². The van der Waals surface area contributed by atoms with E-state index in [2.05, 4.69) is 34.3 Å². The first kappa shape index (κ1) is 19.4. The number of aromatic nitrogens is 3. The Hall–Kier alpha value is -2.30. The molecule has 2 unspecified atom stereocenters. The average Bonchev–Trinajstić information content (AvgIpc) is 3.52. The van der Waals surface area contributed by atoms with Crippen molar-refractivity contribution < 1.29 is 4.79 Å². The Morgan fingerprint density at radius 3 is 2.71 bits per heavy atom. The predicted molar refractivity (Wildman–Crippen MR) is 124 cm³/mol. The number of amides is 1. The molecule has 2 atom stereocenters. The molecule has 5 heterocycles. The lowest BCUT2D eigenvalue weighted by atomic mass is 9.88. The molecular weight excluding hydrogens is 405 g/mol. The van der Waals surface area contributed by atoms with E-state index in [1.54, 1.807) is 6.08 Å². The van der Waals surface area contributed by atoms with Gasteiger partial charge in [-0.3, -0.25) is 9.78 Å². The van der Waals surface area contributed by atoms with Crippen LogP contribution in [0.2, 0.25) is 0 Å². The molecular formula is C24H28N5OP. The van der Waals surface area contributed by atoms with E-state index in [4.69, 9.17) is 5.10 Å². The molecule has 2 fully saturated rings. The zero-order valence-electron chi connectivity index (χ0n) is 18.1. The number of hydrogen-bond acceptors (Lipinski definition) is 4. The Morgan fingerprint density at radius 2 is 1.94 bits per heavy atom. The van der Waals surface area contributed by atoms with Crippen molar-refractivity contribution in [1.29, 1.82) is 0 Å². The smallest absolute Gasteiger partial charge is 0.252 e. The second-order valence-corrected chi connectivity index (χ2v) is 10.7. The molecule has 1 amide bonds. The summed E-state index contributed by atoms with van der Waals surface area (Å²) in [5.74, 6) is 0.749. The van der Waals surface area contributed by atoms with Crippen LogP contribution in [0.25, 0.3) is 10.8 Å². The van der Waals surface area contributed by atoms with Crippen LogP contribution in [0.15, 0.2) is 42.3 Å². The van der Waals surface area contributed by atoms with Crippen LogP contribution in [0.5, 0.6) is 0 Å². The fourth-order valence-corrected chi connectivity index (χ4v) is 6.47. The third-order valence-electron chi connectivity index (χ3n) is 6.98. The maximum Gasteiger partial charge on any atom is 0.252 e. The van der Waals surface area contributed by atoms with Crippen LogP contribution < -0.4 is 0 Å². The molecule has 160 valence electrons. The van der Waals surface area contributed by atoms with Gasteiger partial charge in [0.05, 0.1) is 34.6 Å². The topological polar surface area (TPSA) is 53.7 Å². The molecule has 4 aliphatic rings. The largest absolute Gasteiger partial charge is 0.304 e. The molecule has 0 N–H and O–H groups in total. The van der Waals surface area contributed by atoms with Crippen molar-refractivity contribution in [3.63, 3.8) is 0 Å². The molecule has 6 nitrogen and oxygen atoms in total. The molecule has 2 aromatic heterocycles. The second kappa shape index (κ2) is 7.39. The lowest BCUT2D eigenvalue weighted by Crippen LogP contribution is -2.38. The summed E-state index contributed by atoms with van der Waals surface area (Å²) in [5, 5.41) is 5.78. The fraction of sp³-hybridized carbons (Fsp3) is 0.458. The van der Waals surface area contributed by atoms with Crippen LogP contribution in [-0.4, -0.2) is 55.2 Å². The Kier molecular flexibility index (Phi) is 4.62. The summed E-state index contributed by atoms with van der Waals surface area (Å²) in [7, 11) is 0.494. The van der Waals surface area contributed by atoms with Crippen LogP contribution >= 0.6 is 8.58 Å². The van der Waals surface area contributed by atoms with Crippen molar-refractivity contribution >= 4 is 25.3 Å². The zero-order valence-corrected chi connectivity index (χ0v) is 19.1. The lowest BCUT2D eigenvalue weighted by molar-refractivity contribution is -0.123. The molecule has 3 aliphatic heterocycles. The molecule has 1 aliphatic carbocycles. The predicted octanol–water partition coefficient (Wildman–Crippen LogP) is 3.86. The zero-order chi connectivity index (χ0) is 21.1. The number of hydrogen-bond donors (Lipinski definition) is 0. The minimum atomic E-state index is 0.0686. The molecule has 1 saturated heterocycles. The molecule has 31 heavy (non-hydrogen) atoms. The van der Waals surface area contributed by atoms with E-state index >= 15 is 0 Å². The SMILES string of the molecule is Cc1cn2nc(C3=CC(=O)N4C=C(C5CCN(C6CC6)CC5)C=CC4P3)cc2c(C)n1. The quantitative estimate of drug-likeness (QED) is 0.690. The van der Waals surface area contributed by atoms with Crippen molar-refractivity contribution in [3.8, 4) is 0 Å². The van der Waals surface area contributed by atoms with Crippen molar-refractivity contribution in [2.75, 3.05) is 13.1 Å². The van der Waals surface area contributed by atoms with Crippen molar-refractivity contribution in [2.24, 2.45) is 5.92 Å². The van der Waals surface area contributed by atoms with Crippen molar-refractivity contribution in [2.45, 2.75) is 51.4 Å². The highest BCUT2D eigenvalue weighted by Gasteiger charge is 2.34. The van der Waals surface area contributed by atoms with Gasteiger partial charge in [0.2, 0.25) is 0 Å². The first-order valence-electron chi connectivity index (χ1n) is 11.3. The number of carbonyl (C=O) groups excluding carboxylic acids is 1. The van der Waals surface area contributed by atoms with Gasteiger partial charge in [0.15, 0.2) is 0 Å². The molecule has 6 rings (SSSR count). The van der Waals surface area contributed by atoms with E-state index in [1.807, 2.05) is 29.5 Å². The molecule has 7 heteroatoms. The minimum absolute atomic E-state index is 0.0686. The number of rotatable bonds is 3. The lowest BCUT2D eigenvalue weighted by Gasteiger charge is -2.37. The fourth-order valence-electron chi connectivity index (χ4n) is 5.15. The van der Waals surface area contributed by atoms with E-state index in [0.717, 1.165) is 34.0 Å². The van der Waals surface area contributed by atoms with Gasteiger partial charge in [0, 0.05) is 23.6 Å². The van der Waals surface area contributed by atoms with Gasteiger partial charge < -0.3 is 9.80 Å². The van der Waals surface area contributed by atoms with Gasteiger partial charge in [-0.05, 0) is 70.2 Å². The highest BCUT2D eigenvalue weighted by Crippen LogP contribution is 2.45. The van der Waals surface area contributed by atoms with Crippen LogP contribution in [-0.2, 0) is 4.79 Å². The number of carbonyl (C=O) groups is 1. The van der Waals surface area contributed by atoms with Gasteiger partial charge in [-0.15, -0.1) is 0 Å². The number of likely N-dealkylation sites (tertiary alicyclic amines) is 1. The number of nitrogens with zero attached hydrogens (tertiary/aromatic N) is 5. The first-order valence-corrected chi connectivity index (χ1v) is 12.4. The second-order valence-electron chi connectivity index (χ2n) is 9.25. The van der Waals surface area contributed by atoms with Crippen LogP contribution in [0.1, 0.15) is 42.8 Å². The molecule has 0 aromatic carbocycles. The van der Waals surface area contributed by atoms with Crippen LogP contribution in [0.3, 0.4) is 0 Å². The highest BCUT2D eigenvalue weighted by molar-refractivity contribution is 7.51. The first-order chi connectivity index (χ1) is 15.0. The van der Waals surface area contributed by atoms with E-state index in [1.165, 1.54) is 44.3 Å². The average molecular weight is 433 g/mol. The summed E-state index contributed by atoms with van der Waals surface area (Å²) < 4.78 is 1.89. The number of allylic oxidation sites excluding steroid dienone is 2. The molecule has 0 bridgehead atoms. The Labute approximate surface area is 184 Å². The standard InChI is InChI=1S/C24H28N5OP/c1-15-13-29-21(16(2)25-15)11-20(26-29)22-12-23(30)28-14-18(3-6-24(28)31-22)17-7-9-27(10-8-17)19-4-5-19/h3,6,11-14,17,19,24,31H,4-5,7-10H2,1-2H3. The molecule has 0 radical (unpaired) electrons. The highest BCUT2D eigenvalue weighted by atomic mass is 31.1. The van der Waals surface area contributed by atoms with Gasteiger partial charge in [-0.25, -0.2) is 4.52 Å². The van der Waals surface area contributed by atoms with E-state index < -0.39 is 0 Å². The van der Waals surface area contributed by atoms with Crippen molar-refractivity contribution in [1.82, 2.24) is 24.4 Å². The minimum Gasteiger partial charge on any atom is -0.304 e. The maximum atomic E-state index is 13.0. The summed E-state index contributed by atoms with van der Waals surface area (Å²) in [6, 6.07) is 2.92. The number of fused-ring (bicyclic) bond motifs is 2. The van der Waals surface area contributed by atoms with Gasteiger partial charge in [-0.2, -0.15) is 5.10 Å². The van der Waals surface area contributed by atoms with Crippen molar-refractivity contribution in [3.05, 3.63) is 59.3 Å². The maximum absolute atomic E-state index is 13.0.